The van der Waals surface area contributed by atoms with Crippen LogP contribution in [0.15, 0.2) is 28.8 Å². The highest BCUT2D eigenvalue weighted by Crippen LogP contribution is 2.25. The van der Waals surface area contributed by atoms with Crippen molar-refractivity contribution in [3.8, 4) is 0 Å². The number of esters is 1. The number of aryl methyl sites for hydroxylation is 1. The molecular formula is C13H13N3O5. The van der Waals surface area contributed by atoms with E-state index >= 15 is 0 Å². The van der Waals surface area contributed by atoms with Gasteiger partial charge in [0.1, 0.15) is 5.69 Å². The number of nitrogens with zero attached hydrogens (tertiary/aromatic N) is 2. The van der Waals surface area contributed by atoms with Crippen LogP contribution in [0.2, 0.25) is 0 Å². The van der Waals surface area contributed by atoms with Crippen LogP contribution in [-0.4, -0.2) is 23.1 Å². The van der Waals surface area contributed by atoms with Gasteiger partial charge in [0.2, 0.25) is 0 Å². The predicted molar refractivity (Wildman–Crippen MR) is 73.0 cm³/mol. The van der Waals surface area contributed by atoms with E-state index in [1.165, 1.54) is 18.2 Å². The second kappa shape index (κ2) is 6.04. The van der Waals surface area contributed by atoms with E-state index in [-0.39, 0.29) is 17.9 Å². The van der Waals surface area contributed by atoms with Crippen molar-refractivity contribution in [2.75, 3.05) is 12.4 Å². The first-order chi connectivity index (χ1) is 10.0. The number of nitro benzene ring substituents is 1. The molecule has 1 aromatic carbocycles. The van der Waals surface area contributed by atoms with Gasteiger partial charge < -0.3 is 14.6 Å². The molecule has 0 saturated carbocycles. The number of aromatic nitrogens is 1. The van der Waals surface area contributed by atoms with Crippen molar-refractivity contribution in [3.63, 3.8) is 0 Å². The zero-order valence-electron chi connectivity index (χ0n) is 11.5. The van der Waals surface area contributed by atoms with Gasteiger partial charge in [0.15, 0.2) is 12.4 Å². The number of hydrogen-bond donors (Lipinski definition) is 1. The molecule has 1 heterocycles. The minimum atomic E-state index is -0.671. The molecule has 0 unspecified atom stereocenters. The molecule has 8 nitrogen and oxygen atoms in total. The van der Waals surface area contributed by atoms with Gasteiger partial charge in [0.25, 0.3) is 5.69 Å². The molecule has 0 spiro atoms. The number of anilines is 1. The van der Waals surface area contributed by atoms with E-state index in [0.29, 0.717) is 17.1 Å². The van der Waals surface area contributed by atoms with Gasteiger partial charge in [-0.05, 0) is 19.1 Å². The molecule has 2 aromatic rings. The van der Waals surface area contributed by atoms with Crippen LogP contribution in [0.5, 0.6) is 0 Å². The van der Waals surface area contributed by atoms with Crippen molar-refractivity contribution < 1.29 is 19.0 Å². The molecule has 0 radical (unpaired) electrons. The Morgan fingerprint density at radius 3 is 2.81 bits per heavy atom. The Morgan fingerprint density at radius 1 is 1.48 bits per heavy atom. The molecule has 8 heteroatoms. The second-order valence-corrected chi connectivity index (χ2v) is 4.25. The van der Waals surface area contributed by atoms with E-state index in [0.717, 1.165) is 0 Å². The number of rotatable bonds is 5. The minimum absolute atomic E-state index is 0.0821. The molecule has 0 aliphatic heterocycles. The van der Waals surface area contributed by atoms with Crippen molar-refractivity contribution in [2.24, 2.45) is 0 Å². The Kier molecular flexibility index (Phi) is 4.17. The van der Waals surface area contributed by atoms with Gasteiger partial charge >= 0.3 is 5.97 Å². The summed E-state index contributed by atoms with van der Waals surface area (Å²) in [6.45, 7) is 1.66. The number of carbonyl (C=O) groups excluding carboxylic acids is 1. The van der Waals surface area contributed by atoms with Crippen molar-refractivity contribution in [3.05, 3.63) is 51.4 Å². The van der Waals surface area contributed by atoms with E-state index in [2.05, 4.69) is 10.5 Å². The van der Waals surface area contributed by atoms with Crippen LogP contribution in [0.1, 0.15) is 21.8 Å². The lowest BCUT2D eigenvalue weighted by Gasteiger charge is -2.05. The van der Waals surface area contributed by atoms with E-state index in [4.69, 9.17) is 9.26 Å². The van der Waals surface area contributed by atoms with Crippen molar-refractivity contribution in [2.45, 2.75) is 13.5 Å². The highest BCUT2D eigenvalue weighted by atomic mass is 16.6. The maximum atomic E-state index is 11.9. The predicted octanol–water partition coefficient (Wildman–Crippen LogP) is 2.29. The third-order valence-corrected chi connectivity index (χ3v) is 2.72. The molecule has 0 aliphatic rings. The van der Waals surface area contributed by atoms with Gasteiger partial charge in [-0.25, -0.2) is 4.79 Å². The topological polar surface area (TPSA) is 108 Å². The lowest BCUT2D eigenvalue weighted by atomic mass is 10.1. The summed E-state index contributed by atoms with van der Waals surface area (Å²) in [4.78, 5) is 22.2. The fourth-order valence-corrected chi connectivity index (χ4v) is 1.73. The van der Waals surface area contributed by atoms with Gasteiger partial charge in [0, 0.05) is 19.2 Å². The lowest BCUT2D eigenvalue weighted by Crippen LogP contribution is -2.06. The molecule has 21 heavy (non-hydrogen) atoms. The summed E-state index contributed by atoms with van der Waals surface area (Å²) in [5.41, 5.74) is 0.900. The average Bonchev–Trinajstić information content (AvgIpc) is 2.89. The summed E-state index contributed by atoms with van der Waals surface area (Å²) in [5.74, 6) is -0.267. The first kappa shape index (κ1) is 14.5. The Morgan fingerprint density at radius 2 is 2.24 bits per heavy atom. The van der Waals surface area contributed by atoms with Gasteiger partial charge in [-0.2, -0.15) is 0 Å². The number of ether oxygens (including phenoxy) is 1. The molecular weight excluding hydrogens is 278 g/mol. The molecule has 110 valence electrons. The SMILES string of the molecule is CNc1ccc(C(=O)OCc2cc(C)no2)cc1[N+](=O)[O-]. The van der Waals surface area contributed by atoms with E-state index < -0.39 is 10.9 Å². The summed E-state index contributed by atoms with van der Waals surface area (Å²) in [6, 6.07) is 5.71. The Labute approximate surface area is 119 Å². The van der Waals surface area contributed by atoms with Crippen LogP contribution in [0.4, 0.5) is 11.4 Å². The standard InChI is InChI=1S/C13H13N3O5/c1-8-5-10(21-15-8)7-20-13(17)9-3-4-11(14-2)12(6-9)16(18)19/h3-6,14H,7H2,1-2H3. The molecule has 2 rings (SSSR count). The lowest BCUT2D eigenvalue weighted by molar-refractivity contribution is -0.384. The fourth-order valence-electron chi connectivity index (χ4n) is 1.73. The third kappa shape index (κ3) is 3.35. The quantitative estimate of drug-likeness (QED) is 0.511. The molecule has 0 amide bonds. The Hall–Kier alpha value is -2.90. The molecule has 0 saturated heterocycles. The van der Waals surface area contributed by atoms with Crippen molar-refractivity contribution in [1.29, 1.82) is 0 Å². The number of carbonyl (C=O) groups is 1. The van der Waals surface area contributed by atoms with Gasteiger partial charge in [0.05, 0.1) is 16.2 Å². The highest BCUT2D eigenvalue weighted by Gasteiger charge is 2.18. The third-order valence-electron chi connectivity index (χ3n) is 2.72. The summed E-state index contributed by atoms with van der Waals surface area (Å²) < 4.78 is 9.92. The maximum Gasteiger partial charge on any atom is 0.338 e. The Bertz CT molecular complexity index is 680. The minimum Gasteiger partial charge on any atom is -0.454 e. The van der Waals surface area contributed by atoms with E-state index in [9.17, 15) is 14.9 Å². The van der Waals surface area contributed by atoms with E-state index in [1.54, 1.807) is 20.0 Å². The number of nitro groups is 1. The van der Waals surface area contributed by atoms with Gasteiger partial charge in [-0.3, -0.25) is 10.1 Å². The smallest absolute Gasteiger partial charge is 0.338 e. The largest absolute Gasteiger partial charge is 0.454 e. The van der Waals surface area contributed by atoms with Crippen LogP contribution < -0.4 is 5.32 Å². The first-order valence-electron chi connectivity index (χ1n) is 6.06. The molecule has 1 aromatic heterocycles. The monoisotopic (exact) mass is 291 g/mol. The number of hydrogen-bond acceptors (Lipinski definition) is 7. The van der Waals surface area contributed by atoms with Crippen LogP contribution in [-0.2, 0) is 11.3 Å². The molecule has 0 fully saturated rings. The fraction of sp³-hybridized carbons (Fsp3) is 0.231. The number of benzene rings is 1. The number of nitrogens with one attached hydrogen (secondary N) is 1. The first-order valence-corrected chi connectivity index (χ1v) is 6.06. The van der Waals surface area contributed by atoms with Crippen molar-refractivity contribution >= 4 is 17.3 Å². The molecule has 0 aliphatic carbocycles. The summed E-state index contributed by atoms with van der Waals surface area (Å²) in [7, 11) is 1.56. The van der Waals surface area contributed by atoms with Crippen molar-refractivity contribution in [1.82, 2.24) is 5.16 Å². The molecule has 1 N–H and O–H groups in total. The van der Waals surface area contributed by atoms with E-state index in [1.807, 2.05) is 0 Å². The summed E-state index contributed by atoms with van der Waals surface area (Å²) in [6.07, 6.45) is 0. The zero-order valence-corrected chi connectivity index (χ0v) is 11.5. The maximum absolute atomic E-state index is 11.9. The van der Waals surface area contributed by atoms with Crippen LogP contribution in [0.3, 0.4) is 0 Å². The Balaban J connectivity index is 2.12. The van der Waals surface area contributed by atoms with Crippen LogP contribution in [0, 0.1) is 17.0 Å². The molecule has 0 bridgehead atoms. The second-order valence-electron chi connectivity index (χ2n) is 4.25. The van der Waals surface area contributed by atoms with Gasteiger partial charge in [-0.15, -0.1) is 0 Å². The zero-order chi connectivity index (χ0) is 15.4. The van der Waals surface area contributed by atoms with Crippen LogP contribution >= 0.6 is 0 Å². The highest BCUT2D eigenvalue weighted by molar-refractivity contribution is 5.91. The van der Waals surface area contributed by atoms with Crippen LogP contribution in [0.25, 0.3) is 0 Å². The molecule has 0 atom stereocenters. The average molecular weight is 291 g/mol. The summed E-state index contributed by atoms with van der Waals surface area (Å²) >= 11 is 0. The van der Waals surface area contributed by atoms with Gasteiger partial charge in [-0.1, -0.05) is 5.16 Å². The normalized spacial score (nSPS) is 10.2. The summed E-state index contributed by atoms with van der Waals surface area (Å²) in [5, 5.41) is 17.3.